The summed E-state index contributed by atoms with van der Waals surface area (Å²) in [6, 6.07) is 11.7. The first-order chi connectivity index (χ1) is 13.6. The van der Waals surface area contributed by atoms with Gasteiger partial charge in [0.05, 0.1) is 21.8 Å². The van der Waals surface area contributed by atoms with Crippen molar-refractivity contribution in [3.63, 3.8) is 0 Å². The highest BCUT2D eigenvalue weighted by Gasteiger charge is 2.35. The van der Waals surface area contributed by atoms with Gasteiger partial charge < -0.3 is 5.32 Å². The summed E-state index contributed by atoms with van der Waals surface area (Å²) in [7, 11) is 0. The minimum Gasteiger partial charge on any atom is -0.347 e. The number of carbonyl (C=O) groups excluding carboxylic acids is 1. The van der Waals surface area contributed by atoms with Crippen molar-refractivity contribution in [2.75, 3.05) is 13.1 Å². The highest BCUT2D eigenvalue weighted by molar-refractivity contribution is 6.42. The lowest BCUT2D eigenvalue weighted by Gasteiger charge is -2.36. The molecule has 1 N–H and O–H groups in total. The van der Waals surface area contributed by atoms with Gasteiger partial charge in [0, 0.05) is 18.7 Å². The molecule has 1 amide bonds. The number of amides is 1. The Kier molecular flexibility index (Phi) is 6.19. The molecule has 1 aliphatic heterocycles. The molecule has 1 aliphatic carbocycles. The highest BCUT2D eigenvalue weighted by atomic mass is 35.5. The molecule has 0 bridgehead atoms. The molecule has 1 unspecified atom stereocenters. The smallest absolute Gasteiger partial charge is 0.223 e. The van der Waals surface area contributed by atoms with Crippen LogP contribution in [0.25, 0.3) is 0 Å². The van der Waals surface area contributed by atoms with E-state index in [1.165, 1.54) is 0 Å². The molecule has 2 heterocycles. The first-order valence-corrected chi connectivity index (χ1v) is 10.7. The molecule has 1 aromatic carbocycles. The molecule has 2 aliphatic rings. The molecule has 1 saturated carbocycles. The maximum Gasteiger partial charge on any atom is 0.223 e. The minimum atomic E-state index is -0.00814. The van der Waals surface area contributed by atoms with Crippen molar-refractivity contribution in [1.82, 2.24) is 15.2 Å². The van der Waals surface area contributed by atoms with E-state index < -0.39 is 0 Å². The number of likely N-dealkylation sites (tertiary alicyclic amines) is 1. The largest absolute Gasteiger partial charge is 0.347 e. The molecule has 28 heavy (non-hydrogen) atoms. The summed E-state index contributed by atoms with van der Waals surface area (Å²) >= 11 is 12.5. The average molecular weight is 418 g/mol. The second kappa shape index (κ2) is 8.81. The van der Waals surface area contributed by atoms with Gasteiger partial charge >= 0.3 is 0 Å². The first-order valence-electron chi connectivity index (χ1n) is 9.98. The third-order valence-corrected chi connectivity index (χ3v) is 6.64. The summed E-state index contributed by atoms with van der Waals surface area (Å²) in [4.78, 5) is 19.4. The molecule has 4 rings (SSSR count). The molecule has 6 heteroatoms. The van der Waals surface area contributed by atoms with E-state index in [0.717, 1.165) is 56.6 Å². The van der Waals surface area contributed by atoms with Crippen molar-refractivity contribution in [3.05, 3.63) is 63.9 Å². The molecular formula is C22H25Cl2N3O. The summed E-state index contributed by atoms with van der Waals surface area (Å²) in [5.41, 5.74) is 2.03. The Morgan fingerprint density at radius 1 is 1.11 bits per heavy atom. The highest BCUT2D eigenvalue weighted by Crippen LogP contribution is 2.34. The van der Waals surface area contributed by atoms with Crippen LogP contribution in [0.3, 0.4) is 0 Å². The second-order valence-electron chi connectivity index (χ2n) is 7.84. The maximum atomic E-state index is 12.4. The summed E-state index contributed by atoms with van der Waals surface area (Å²) in [5, 5.41) is 4.54. The van der Waals surface area contributed by atoms with Crippen molar-refractivity contribution < 1.29 is 4.79 Å². The van der Waals surface area contributed by atoms with E-state index >= 15 is 0 Å². The third-order valence-electron chi connectivity index (χ3n) is 5.78. The quantitative estimate of drug-likeness (QED) is 0.728. The van der Waals surface area contributed by atoms with Crippen LogP contribution in [0.2, 0.25) is 10.0 Å². The fourth-order valence-electron chi connectivity index (χ4n) is 3.97. The number of hydrogen-bond acceptors (Lipinski definition) is 3. The van der Waals surface area contributed by atoms with Gasteiger partial charge in [0.1, 0.15) is 0 Å². The molecule has 1 aromatic heterocycles. The van der Waals surface area contributed by atoms with Crippen molar-refractivity contribution in [2.24, 2.45) is 11.8 Å². The number of piperidine rings is 1. The van der Waals surface area contributed by atoms with Crippen LogP contribution in [0.5, 0.6) is 0 Å². The van der Waals surface area contributed by atoms with E-state index in [1.807, 2.05) is 42.6 Å². The zero-order valence-electron chi connectivity index (χ0n) is 15.8. The number of aromatic nitrogens is 1. The monoisotopic (exact) mass is 417 g/mol. The average Bonchev–Trinajstić information content (AvgIpc) is 3.56. The molecule has 2 aromatic rings. The van der Waals surface area contributed by atoms with E-state index in [1.54, 1.807) is 0 Å². The van der Waals surface area contributed by atoms with Gasteiger partial charge in [-0.25, -0.2) is 0 Å². The predicted octanol–water partition coefficient (Wildman–Crippen LogP) is 4.87. The zero-order chi connectivity index (χ0) is 19.5. The molecule has 148 valence electrons. The lowest BCUT2D eigenvalue weighted by atomic mass is 9.87. The number of benzene rings is 1. The van der Waals surface area contributed by atoms with Crippen molar-refractivity contribution in [1.29, 1.82) is 0 Å². The second-order valence-corrected chi connectivity index (χ2v) is 8.63. The summed E-state index contributed by atoms with van der Waals surface area (Å²) < 4.78 is 0. The van der Waals surface area contributed by atoms with Gasteiger partial charge in [-0.1, -0.05) is 41.4 Å². The number of rotatable bonds is 6. The Labute approximate surface area is 176 Å². The number of carbonyl (C=O) groups is 1. The standard InChI is InChI=1S/C22H25Cl2N3O/c23-18-5-3-4-17(20(18)24)14-27-12-9-15(10-13-27)21(19-6-1-2-11-25-19)26-22(28)16-7-8-16/h1-6,11,15-16,21H,7-10,12-14H2,(H,26,28). The van der Waals surface area contributed by atoms with Gasteiger partial charge in [-0.2, -0.15) is 0 Å². The molecular weight excluding hydrogens is 393 g/mol. The van der Waals surface area contributed by atoms with E-state index in [4.69, 9.17) is 23.2 Å². The topological polar surface area (TPSA) is 45.2 Å². The fourth-order valence-corrected chi connectivity index (χ4v) is 4.35. The van der Waals surface area contributed by atoms with Gasteiger partial charge in [0.2, 0.25) is 5.91 Å². The third kappa shape index (κ3) is 4.68. The van der Waals surface area contributed by atoms with E-state index in [0.29, 0.717) is 16.0 Å². The number of nitrogens with zero attached hydrogens (tertiary/aromatic N) is 2. The lowest BCUT2D eigenvalue weighted by Crippen LogP contribution is -2.41. The zero-order valence-corrected chi connectivity index (χ0v) is 17.3. The number of halogens is 2. The molecule has 0 radical (unpaired) electrons. The Balaban J connectivity index is 1.41. The molecule has 4 nitrogen and oxygen atoms in total. The molecule has 0 spiro atoms. The number of nitrogens with one attached hydrogen (secondary N) is 1. The minimum absolute atomic E-state index is 0.00814. The van der Waals surface area contributed by atoms with Crippen LogP contribution in [0.15, 0.2) is 42.6 Å². The maximum absolute atomic E-state index is 12.4. The van der Waals surface area contributed by atoms with Crippen molar-refractivity contribution in [2.45, 2.75) is 38.3 Å². The van der Waals surface area contributed by atoms with Crippen molar-refractivity contribution in [3.8, 4) is 0 Å². The van der Waals surface area contributed by atoms with Crippen LogP contribution in [0.1, 0.15) is 43.0 Å². The number of hydrogen-bond donors (Lipinski definition) is 1. The molecule has 2 fully saturated rings. The van der Waals surface area contributed by atoms with Crippen LogP contribution < -0.4 is 5.32 Å². The van der Waals surface area contributed by atoms with Gasteiger partial charge in [0.25, 0.3) is 0 Å². The lowest BCUT2D eigenvalue weighted by molar-refractivity contribution is -0.123. The Hall–Kier alpha value is -1.62. The van der Waals surface area contributed by atoms with Gasteiger partial charge in [-0.3, -0.25) is 14.7 Å². The van der Waals surface area contributed by atoms with Crippen LogP contribution in [-0.4, -0.2) is 28.9 Å². The molecule has 1 saturated heterocycles. The van der Waals surface area contributed by atoms with Gasteiger partial charge in [-0.15, -0.1) is 0 Å². The van der Waals surface area contributed by atoms with Gasteiger partial charge in [-0.05, 0) is 68.5 Å². The molecule has 1 atom stereocenters. The Bertz CT molecular complexity index is 818. The van der Waals surface area contributed by atoms with Crippen LogP contribution in [0, 0.1) is 11.8 Å². The fraction of sp³-hybridized carbons (Fsp3) is 0.455. The van der Waals surface area contributed by atoms with E-state index in [2.05, 4.69) is 15.2 Å². The van der Waals surface area contributed by atoms with Gasteiger partial charge in [0.15, 0.2) is 0 Å². The Morgan fingerprint density at radius 2 is 1.89 bits per heavy atom. The van der Waals surface area contributed by atoms with Crippen molar-refractivity contribution >= 4 is 29.1 Å². The summed E-state index contributed by atoms with van der Waals surface area (Å²) in [6.45, 7) is 2.74. The van der Waals surface area contributed by atoms with Crippen LogP contribution in [-0.2, 0) is 11.3 Å². The SMILES string of the molecule is O=C(NC(c1ccccn1)C1CCN(Cc2cccc(Cl)c2Cl)CC1)C1CC1. The predicted molar refractivity (Wildman–Crippen MR) is 112 cm³/mol. The summed E-state index contributed by atoms with van der Waals surface area (Å²) in [6.07, 6.45) is 5.87. The van der Waals surface area contributed by atoms with Crippen LogP contribution in [0.4, 0.5) is 0 Å². The van der Waals surface area contributed by atoms with Crippen LogP contribution >= 0.6 is 23.2 Å². The normalized spacial score (nSPS) is 19.4. The Morgan fingerprint density at radius 3 is 2.57 bits per heavy atom. The van der Waals surface area contributed by atoms with E-state index in [9.17, 15) is 4.79 Å². The first kappa shape index (κ1) is 19.7. The number of pyridine rings is 1. The summed E-state index contributed by atoms with van der Waals surface area (Å²) in [5.74, 6) is 0.781. The van der Waals surface area contributed by atoms with E-state index in [-0.39, 0.29) is 17.9 Å².